The summed E-state index contributed by atoms with van der Waals surface area (Å²) in [7, 11) is 0. The molecule has 0 saturated carbocycles. The maximum Gasteiger partial charge on any atom is 0.351 e. The maximum absolute atomic E-state index is 11.7. The molecule has 5 N–H and O–H groups in total. The molecule has 1 aromatic rings. The van der Waals surface area contributed by atoms with Crippen LogP contribution in [0.3, 0.4) is 0 Å². The number of hydrogen-bond acceptors (Lipinski definition) is 7. The minimum absolute atomic E-state index is 0.0699. The van der Waals surface area contributed by atoms with Gasteiger partial charge < -0.3 is 25.8 Å². The molecule has 2 rings (SSSR count). The number of aliphatic hydroxyl groups excluding tert-OH is 3. The fourth-order valence-electron chi connectivity index (χ4n) is 2.03. The number of aliphatic hydroxyl groups is 3. The van der Waals surface area contributed by atoms with Crippen molar-refractivity contribution in [3.05, 3.63) is 22.2 Å². The van der Waals surface area contributed by atoms with Crippen molar-refractivity contribution in [3.63, 3.8) is 0 Å². The van der Waals surface area contributed by atoms with Gasteiger partial charge in [-0.1, -0.05) is 0 Å². The van der Waals surface area contributed by atoms with Crippen LogP contribution in [0.1, 0.15) is 11.9 Å². The first-order chi connectivity index (χ1) is 8.45. The highest BCUT2D eigenvalue weighted by Gasteiger charge is 2.44. The molecular weight excluding hydrogens is 242 g/mol. The molecule has 1 aliphatic heterocycles. The third kappa shape index (κ3) is 1.99. The van der Waals surface area contributed by atoms with Crippen LogP contribution < -0.4 is 11.4 Å². The molecule has 0 amide bonds. The molecule has 1 aliphatic rings. The van der Waals surface area contributed by atoms with Crippen LogP contribution in [0.4, 0.5) is 5.82 Å². The van der Waals surface area contributed by atoms with Gasteiger partial charge in [0, 0.05) is 5.69 Å². The van der Waals surface area contributed by atoms with Crippen molar-refractivity contribution >= 4 is 5.82 Å². The lowest BCUT2D eigenvalue weighted by Gasteiger charge is -2.19. The van der Waals surface area contributed by atoms with Gasteiger partial charge >= 0.3 is 5.69 Å². The average molecular weight is 257 g/mol. The Bertz CT molecular complexity index is 503. The third-order valence-electron chi connectivity index (χ3n) is 2.94. The second kappa shape index (κ2) is 4.65. The SMILES string of the molecule is Cc1cc(N)nc(=O)n1C1O[C@H](CO)[C@@H](O)[C@H]1O. The zero-order valence-corrected chi connectivity index (χ0v) is 9.72. The lowest BCUT2D eigenvalue weighted by Crippen LogP contribution is -2.37. The Kier molecular flexibility index (Phi) is 3.35. The van der Waals surface area contributed by atoms with Crippen molar-refractivity contribution in [2.24, 2.45) is 0 Å². The smallest absolute Gasteiger partial charge is 0.351 e. The number of nitrogens with two attached hydrogens (primary N) is 1. The highest BCUT2D eigenvalue weighted by molar-refractivity contribution is 5.28. The predicted molar refractivity (Wildman–Crippen MR) is 60.7 cm³/mol. The van der Waals surface area contributed by atoms with Crippen molar-refractivity contribution in [1.82, 2.24) is 9.55 Å². The molecule has 2 heterocycles. The lowest BCUT2D eigenvalue weighted by atomic mass is 10.1. The van der Waals surface area contributed by atoms with Crippen LogP contribution in [0, 0.1) is 6.92 Å². The van der Waals surface area contributed by atoms with Crippen LogP contribution in [0.15, 0.2) is 10.9 Å². The molecule has 1 unspecified atom stereocenters. The summed E-state index contributed by atoms with van der Waals surface area (Å²) in [6.07, 6.45) is -4.60. The standard InChI is InChI=1S/C10H15N3O5/c1-4-2-6(11)12-10(17)13(4)9-8(16)7(15)5(3-14)18-9/h2,5,7-9,14-16H,3H2,1H3,(H2,11,12,17)/t5-,7-,8-,9?/m1/s1. The second-order valence-corrected chi connectivity index (χ2v) is 4.20. The van der Waals surface area contributed by atoms with Gasteiger partial charge in [0.25, 0.3) is 0 Å². The van der Waals surface area contributed by atoms with Crippen LogP contribution in [0.2, 0.25) is 0 Å². The van der Waals surface area contributed by atoms with E-state index in [4.69, 9.17) is 15.6 Å². The second-order valence-electron chi connectivity index (χ2n) is 4.20. The van der Waals surface area contributed by atoms with Crippen LogP contribution in [-0.4, -0.2) is 49.8 Å². The van der Waals surface area contributed by atoms with E-state index in [-0.39, 0.29) is 5.82 Å². The number of aryl methyl sites for hydroxylation is 1. The van der Waals surface area contributed by atoms with E-state index in [0.717, 1.165) is 4.57 Å². The Morgan fingerprint density at radius 1 is 1.50 bits per heavy atom. The van der Waals surface area contributed by atoms with E-state index in [2.05, 4.69) is 4.98 Å². The fourth-order valence-corrected chi connectivity index (χ4v) is 2.03. The van der Waals surface area contributed by atoms with Gasteiger partial charge in [-0.15, -0.1) is 0 Å². The van der Waals surface area contributed by atoms with Crippen molar-refractivity contribution in [2.45, 2.75) is 31.5 Å². The Balaban J connectivity index is 2.42. The molecule has 0 radical (unpaired) electrons. The summed E-state index contributed by atoms with van der Waals surface area (Å²) < 4.78 is 6.35. The highest BCUT2D eigenvalue weighted by atomic mass is 16.6. The van der Waals surface area contributed by atoms with Crippen molar-refractivity contribution in [1.29, 1.82) is 0 Å². The van der Waals surface area contributed by atoms with Crippen molar-refractivity contribution in [2.75, 3.05) is 12.3 Å². The molecule has 0 spiro atoms. The fraction of sp³-hybridized carbons (Fsp3) is 0.600. The molecular formula is C10H15N3O5. The Labute approximate surface area is 102 Å². The van der Waals surface area contributed by atoms with Gasteiger partial charge in [0.15, 0.2) is 6.23 Å². The average Bonchev–Trinajstić information content (AvgIpc) is 2.56. The van der Waals surface area contributed by atoms with E-state index in [0.29, 0.717) is 5.69 Å². The van der Waals surface area contributed by atoms with E-state index in [1.54, 1.807) is 6.92 Å². The summed E-state index contributed by atoms with van der Waals surface area (Å²) in [4.78, 5) is 15.3. The topological polar surface area (TPSA) is 131 Å². The van der Waals surface area contributed by atoms with Crippen LogP contribution in [-0.2, 0) is 4.74 Å². The monoisotopic (exact) mass is 257 g/mol. The van der Waals surface area contributed by atoms with Crippen LogP contribution in [0.5, 0.6) is 0 Å². The maximum atomic E-state index is 11.7. The third-order valence-corrected chi connectivity index (χ3v) is 2.94. The molecule has 1 saturated heterocycles. The van der Waals surface area contributed by atoms with Crippen molar-refractivity contribution < 1.29 is 20.1 Å². The molecule has 0 aromatic carbocycles. The summed E-state index contributed by atoms with van der Waals surface area (Å²) in [5.41, 5.74) is 5.19. The molecule has 4 atom stereocenters. The van der Waals surface area contributed by atoms with E-state index < -0.39 is 36.8 Å². The first-order valence-corrected chi connectivity index (χ1v) is 5.44. The summed E-state index contributed by atoms with van der Waals surface area (Å²) in [6.45, 7) is 1.15. The van der Waals surface area contributed by atoms with Crippen LogP contribution >= 0.6 is 0 Å². The number of anilines is 1. The molecule has 1 aromatic heterocycles. The molecule has 0 bridgehead atoms. The first-order valence-electron chi connectivity index (χ1n) is 5.44. The first kappa shape index (κ1) is 13.0. The van der Waals surface area contributed by atoms with Gasteiger partial charge in [0.2, 0.25) is 0 Å². The van der Waals surface area contributed by atoms with E-state index in [9.17, 15) is 15.0 Å². The molecule has 8 heteroatoms. The molecule has 1 fully saturated rings. The normalized spacial score (nSPS) is 31.8. The number of nitrogens with zero attached hydrogens (tertiary/aromatic N) is 2. The predicted octanol–water partition coefficient (Wildman–Crippen LogP) is -2.25. The van der Waals surface area contributed by atoms with E-state index >= 15 is 0 Å². The number of ether oxygens (including phenoxy) is 1. The van der Waals surface area contributed by atoms with Gasteiger partial charge in [-0.05, 0) is 13.0 Å². The molecule has 0 aliphatic carbocycles. The van der Waals surface area contributed by atoms with Crippen molar-refractivity contribution in [3.8, 4) is 0 Å². The molecule has 100 valence electrons. The lowest BCUT2D eigenvalue weighted by molar-refractivity contribution is -0.0558. The number of rotatable bonds is 2. The highest BCUT2D eigenvalue weighted by Crippen LogP contribution is 2.28. The van der Waals surface area contributed by atoms with Gasteiger partial charge in [-0.3, -0.25) is 4.57 Å². The number of hydrogen-bond donors (Lipinski definition) is 4. The van der Waals surface area contributed by atoms with Gasteiger partial charge in [0.1, 0.15) is 24.1 Å². The molecule has 8 nitrogen and oxygen atoms in total. The van der Waals surface area contributed by atoms with E-state index in [1.165, 1.54) is 6.07 Å². The Hall–Kier alpha value is -1.48. The number of aromatic nitrogens is 2. The summed E-state index contributed by atoms with van der Waals surface area (Å²) >= 11 is 0. The Morgan fingerprint density at radius 2 is 2.17 bits per heavy atom. The van der Waals surface area contributed by atoms with Crippen LogP contribution in [0.25, 0.3) is 0 Å². The van der Waals surface area contributed by atoms with E-state index in [1.807, 2.05) is 0 Å². The summed E-state index contributed by atoms with van der Waals surface area (Å²) in [6, 6.07) is 1.45. The summed E-state index contributed by atoms with van der Waals surface area (Å²) in [5.74, 6) is 0.0699. The summed E-state index contributed by atoms with van der Waals surface area (Å²) in [5, 5.41) is 28.4. The van der Waals surface area contributed by atoms with Gasteiger partial charge in [0.05, 0.1) is 6.61 Å². The zero-order valence-electron chi connectivity index (χ0n) is 9.72. The largest absolute Gasteiger partial charge is 0.394 e. The van der Waals surface area contributed by atoms with Gasteiger partial charge in [-0.25, -0.2) is 4.79 Å². The molecule has 18 heavy (non-hydrogen) atoms. The zero-order chi connectivity index (χ0) is 13.4. The minimum atomic E-state index is -1.32. The quantitative estimate of drug-likeness (QED) is 0.470. The number of nitrogen functional groups attached to an aromatic ring is 1. The van der Waals surface area contributed by atoms with Gasteiger partial charge in [-0.2, -0.15) is 4.98 Å². The minimum Gasteiger partial charge on any atom is -0.394 e. The Morgan fingerprint density at radius 3 is 2.67 bits per heavy atom.